The van der Waals surface area contributed by atoms with E-state index in [9.17, 15) is 0 Å². The van der Waals surface area contributed by atoms with Gasteiger partial charge < -0.3 is 9.64 Å². The lowest BCUT2D eigenvalue weighted by molar-refractivity contribution is 0.178. The normalized spacial score (nSPS) is 17.7. The van der Waals surface area contributed by atoms with Gasteiger partial charge in [0.2, 0.25) is 0 Å². The number of likely N-dealkylation sites (N-methyl/N-ethyl adjacent to an activating group) is 1. The summed E-state index contributed by atoms with van der Waals surface area (Å²) in [5, 5.41) is 12.3. The first kappa shape index (κ1) is 12.4. The van der Waals surface area contributed by atoms with Crippen molar-refractivity contribution in [2.45, 2.75) is 31.3 Å². The topological polar surface area (TPSA) is 48.3 Å². The zero-order valence-corrected chi connectivity index (χ0v) is 9.70. The van der Waals surface area contributed by atoms with Gasteiger partial charge in [0.1, 0.15) is 6.04 Å². The van der Waals surface area contributed by atoms with Crippen molar-refractivity contribution in [3.63, 3.8) is 0 Å². The van der Waals surface area contributed by atoms with Crippen LogP contribution >= 0.6 is 0 Å². The van der Waals surface area contributed by atoms with Crippen LogP contribution in [0.3, 0.4) is 0 Å². The molecule has 1 aliphatic rings. The molecule has 1 fully saturated rings. The van der Waals surface area contributed by atoms with Gasteiger partial charge in [0, 0.05) is 32.8 Å². The molecule has 1 N–H and O–H groups in total. The van der Waals surface area contributed by atoms with E-state index in [1.165, 1.54) is 12.8 Å². The minimum absolute atomic E-state index is 0.0231. The van der Waals surface area contributed by atoms with Crippen molar-refractivity contribution in [1.29, 1.82) is 5.26 Å². The zero-order valence-electron chi connectivity index (χ0n) is 9.70. The molecule has 0 aromatic heterocycles. The zero-order chi connectivity index (χ0) is 11.1. The summed E-state index contributed by atoms with van der Waals surface area (Å²) in [6.45, 7) is 2.58. The minimum Gasteiger partial charge on any atom is -0.385 e. The highest BCUT2D eigenvalue weighted by molar-refractivity contribution is 4.97. The average molecular weight is 211 g/mol. The van der Waals surface area contributed by atoms with E-state index in [-0.39, 0.29) is 6.04 Å². The number of hydrogen-bond donors (Lipinski definition) is 1. The van der Waals surface area contributed by atoms with Gasteiger partial charge in [-0.1, -0.05) is 0 Å². The van der Waals surface area contributed by atoms with Crippen LogP contribution in [-0.4, -0.2) is 50.8 Å². The summed E-state index contributed by atoms with van der Waals surface area (Å²) in [5.41, 5.74) is 0. The van der Waals surface area contributed by atoms with E-state index in [0.717, 1.165) is 26.1 Å². The first-order valence-corrected chi connectivity index (χ1v) is 5.59. The van der Waals surface area contributed by atoms with Gasteiger partial charge in [-0.15, -0.1) is 0 Å². The van der Waals surface area contributed by atoms with Gasteiger partial charge in [-0.3, -0.25) is 5.32 Å². The predicted molar refractivity (Wildman–Crippen MR) is 59.5 cm³/mol. The Kier molecular flexibility index (Phi) is 5.62. The first-order valence-electron chi connectivity index (χ1n) is 5.59. The molecule has 15 heavy (non-hydrogen) atoms. The second-order valence-corrected chi connectivity index (χ2v) is 4.23. The number of methoxy groups -OCH3 is 1. The lowest BCUT2D eigenvalue weighted by Crippen LogP contribution is -2.40. The third-order valence-electron chi connectivity index (χ3n) is 2.55. The molecule has 1 unspecified atom stereocenters. The van der Waals surface area contributed by atoms with Gasteiger partial charge in [-0.05, 0) is 26.3 Å². The van der Waals surface area contributed by atoms with Crippen molar-refractivity contribution in [2.75, 3.05) is 33.9 Å². The molecular weight excluding hydrogens is 190 g/mol. The standard InChI is InChI=1S/C11H21N3O/c1-14(6-3-7-15-2)9-11(8-12)13-10-4-5-10/h10-11,13H,3-7,9H2,1-2H3. The molecule has 1 aliphatic carbocycles. The summed E-state index contributed by atoms with van der Waals surface area (Å²) >= 11 is 0. The van der Waals surface area contributed by atoms with Gasteiger partial charge in [0.15, 0.2) is 0 Å². The highest BCUT2D eigenvalue weighted by Gasteiger charge is 2.24. The van der Waals surface area contributed by atoms with Crippen molar-refractivity contribution < 1.29 is 4.74 Å². The van der Waals surface area contributed by atoms with Crippen LogP contribution in [0.1, 0.15) is 19.3 Å². The van der Waals surface area contributed by atoms with Crippen molar-refractivity contribution in [2.24, 2.45) is 0 Å². The number of nitrogens with one attached hydrogen (secondary N) is 1. The molecule has 0 aromatic carbocycles. The SMILES string of the molecule is COCCCN(C)CC(C#N)NC1CC1. The van der Waals surface area contributed by atoms with E-state index in [4.69, 9.17) is 10.00 Å². The first-order chi connectivity index (χ1) is 7.26. The van der Waals surface area contributed by atoms with E-state index < -0.39 is 0 Å². The van der Waals surface area contributed by atoms with Gasteiger partial charge in [-0.25, -0.2) is 0 Å². The van der Waals surface area contributed by atoms with Crippen molar-refractivity contribution >= 4 is 0 Å². The van der Waals surface area contributed by atoms with E-state index in [1.807, 2.05) is 0 Å². The quantitative estimate of drug-likeness (QED) is 0.597. The third-order valence-corrected chi connectivity index (χ3v) is 2.55. The lowest BCUT2D eigenvalue weighted by Gasteiger charge is -2.20. The fraction of sp³-hybridized carbons (Fsp3) is 0.909. The van der Waals surface area contributed by atoms with E-state index in [0.29, 0.717) is 6.04 Å². The van der Waals surface area contributed by atoms with Crippen LogP contribution in [0.4, 0.5) is 0 Å². The summed E-state index contributed by atoms with van der Waals surface area (Å²) < 4.78 is 4.99. The van der Waals surface area contributed by atoms with Gasteiger partial charge in [0.05, 0.1) is 6.07 Å². The van der Waals surface area contributed by atoms with Gasteiger partial charge in [0.25, 0.3) is 0 Å². The average Bonchev–Trinajstić information content (AvgIpc) is 3.01. The Morgan fingerprint density at radius 3 is 2.87 bits per heavy atom. The largest absolute Gasteiger partial charge is 0.385 e. The molecule has 0 heterocycles. The molecule has 0 amide bonds. The number of ether oxygens (including phenoxy) is 1. The Morgan fingerprint density at radius 2 is 2.33 bits per heavy atom. The Morgan fingerprint density at radius 1 is 1.60 bits per heavy atom. The molecule has 0 saturated heterocycles. The molecule has 4 nitrogen and oxygen atoms in total. The van der Waals surface area contributed by atoms with E-state index in [2.05, 4.69) is 23.3 Å². The Hall–Kier alpha value is -0.630. The van der Waals surface area contributed by atoms with Gasteiger partial charge in [-0.2, -0.15) is 5.26 Å². The maximum atomic E-state index is 8.96. The molecule has 0 aromatic rings. The fourth-order valence-electron chi connectivity index (χ4n) is 1.55. The van der Waals surface area contributed by atoms with Crippen molar-refractivity contribution in [3.8, 4) is 6.07 Å². The highest BCUT2D eigenvalue weighted by Crippen LogP contribution is 2.19. The monoisotopic (exact) mass is 211 g/mol. The summed E-state index contributed by atoms with van der Waals surface area (Å²) in [6.07, 6.45) is 3.48. The van der Waals surface area contributed by atoms with Crippen LogP contribution in [0.5, 0.6) is 0 Å². The van der Waals surface area contributed by atoms with E-state index in [1.54, 1.807) is 7.11 Å². The molecule has 1 rings (SSSR count). The molecule has 0 bridgehead atoms. The number of rotatable bonds is 8. The highest BCUT2D eigenvalue weighted by atomic mass is 16.5. The molecule has 1 atom stereocenters. The molecule has 4 heteroatoms. The van der Waals surface area contributed by atoms with Crippen LogP contribution in [0.25, 0.3) is 0 Å². The second-order valence-electron chi connectivity index (χ2n) is 4.23. The lowest BCUT2D eigenvalue weighted by atomic mass is 10.3. The van der Waals surface area contributed by atoms with Gasteiger partial charge >= 0.3 is 0 Å². The van der Waals surface area contributed by atoms with Crippen LogP contribution in [0.15, 0.2) is 0 Å². The minimum atomic E-state index is -0.0231. The number of hydrogen-bond acceptors (Lipinski definition) is 4. The molecule has 86 valence electrons. The van der Waals surface area contributed by atoms with Crippen LogP contribution in [-0.2, 0) is 4.74 Å². The number of nitrogens with zero attached hydrogens (tertiary/aromatic N) is 2. The second kappa shape index (κ2) is 6.78. The summed E-state index contributed by atoms with van der Waals surface area (Å²) in [7, 11) is 3.77. The van der Waals surface area contributed by atoms with Crippen LogP contribution in [0, 0.1) is 11.3 Å². The number of nitriles is 1. The molecule has 0 aliphatic heterocycles. The Balaban J connectivity index is 2.10. The Labute approximate surface area is 92.2 Å². The molecular formula is C11H21N3O. The predicted octanol–water partition coefficient (Wildman–Crippen LogP) is 0.599. The van der Waals surface area contributed by atoms with E-state index >= 15 is 0 Å². The van der Waals surface area contributed by atoms with Crippen LogP contribution in [0.2, 0.25) is 0 Å². The summed E-state index contributed by atoms with van der Waals surface area (Å²) in [6, 6.07) is 2.89. The molecule has 1 saturated carbocycles. The molecule has 0 radical (unpaired) electrons. The van der Waals surface area contributed by atoms with Crippen LogP contribution < -0.4 is 5.32 Å². The van der Waals surface area contributed by atoms with Crippen molar-refractivity contribution in [3.05, 3.63) is 0 Å². The summed E-state index contributed by atoms with van der Waals surface area (Å²) in [4.78, 5) is 2.18. The maximum absolute atomic E-state index is 8.96. The third kappa shape index (κ3) is 5.73. The van der Waals surface area contributed by atoms with Crippen molar-refractivity contribution in [1.82, 2.24) is 10.2 Å². The molecule has 0 spiro atoms. The summed E-state index contributed by atoms with van der Waals surface area (Å²) in [5.74, 6) is 0. The maximum Gasteiger partial charge on any atom is 0.108 e. The fourth-order valence-corrected chi connectivity index (χ4v) is 1.55. The Bertz CT molecular complexity index is 210. The smallest absolute Gasteiger partial charge is 0.108 e.